The minimum Gasteiger partial charge on any atom is -0.478 e. The van der Waals surface area contributed by atoms with Gasteiger partial charge in [-0.05, 0) is 19.8 Å². The second kappa shape index (κ2) is 6.89. The molecule has 1 fully saturated rings. The van der Waals surface area contributed by atoms with Crippen LogP contribution in [0, 0.1) is 6.92 Å². The Labute approximate surface area is 127 Å². The van der Waals surface area contributed by atoms with Gasteiger partial charge in [0.05, 0.1) is 10.9 Å². The smallest absolute Gasteiger partial charge is 0.340 e. The maximum atomic E-state index is 12.0. The third-order valence-electron chi connectivity index (χ3n) is 3.37. The monoisotopic (exact) mass is 309 g/mol. The normalized spacial score (nSPS) is 19.0. The number of rotatable bonds is 4. The molecule has 6 nitrogen and oxygen atoms in total. The average Bonchev–Trinajstić information content (AvgIpc) is 2.63. The molecule has 1 aliphatic heterocycles. The SMILES string of the molecule is CCc1nc(C)c(C(=O)O)c(SC2CCCCNC2=O)n1. The highest BCUT2D eigenvalue weighted by atomic mass is 32.2. The number of nitrogens with one attached hydrogen (secondary N) is 1. The van der Waals surface area contributed by atoms with Crippen LogP contribution in [0.15, 0.2) is 5.03 Å². The van der Waals surface area contributed by atoms with Gasteiger partial charge in [-0.2, -0.15) is 0 Å². The lowest BCUT2D eigenvalue weighted by Gasteiger charge is -2.15. The molecule has 21 heavy (non-hydrogen) atoms. The van der Waals surface area contributed by atoms with Gasteiger partial charge in [0.2, 0.25) is 5.91 Å². The van der Waals surface area contributed by atoms with Crippen LogP contribution in [-0.4, -0.2) is 38.7 Å². The van der Waals surface area contributed by atoms with E-state index in [1.807, 2.05) is 6.92 Å². The number of carbonyl (C=O) groups excluding carboxylic acids is 1. The Hall–Kier alpha value is -1.63. The largest absolute Gasteiger partial charge is 0.478 e. The second-order valence-corrected chi connectivity index (χ2v) is 6.15. The zero-order valence-corrected chi connectivity index (χ0v) is 13.0. The average molecular weight is 309 g/mol. The van der Waals surface area contributed by atoms with E-state index in [4.69, 9.17) is 0 Å². The van der Waals surface area contributed by atoms with Crippen molar-refractivity contribution in [1.82, 2.24) is 15.3 Å². The van der Waals surface area contributed by atoms with Crippen LogP contribution in [0.4, 0.5) is 0 Å². The molecule has 1 aliphatic rings. The molecule has 0 aromatic carbocycles. The van der Waals surface area contributed by atoms with Crippen molar-refractivity contribution in [2.45, 2.75) is 49.8 Å². The summed E-state index contributed by atoms with van der Waals surface area (Å²) in [4.78, 5) is 32.0. The fourth-order valence-corrected chi connectivity index (χ4v) is 3.51. The van der Waals surface area contributed by atoms with E-state index in [1.54, 1.807) is 6.92 Å². The fraction of sp³-hybridized carbons (Fsp3) is 0.571. The van der Waals surface area contributed by atoms with Crippen molar-refractivity contribution in [3.63, 3.8) is 0 Å². The van der Waals surface area contributed by atoms with E-state index in [-0.39, 0.29) is 16.7 Å². The van der Waals surface area contributed by atoms with E-state index in [9.17, 15) is 14.7 Å². The zero-order valence-electron chi connectivity index (χ0n) is 12.2. The number of carboxylic acids is 1. The minimum absolute atomic E-state index is 0.0387. The quantitative estimate of drug-likeness (QED) is 0.824. The first-order valence-corrected chi connectivity index (χ1v) is 7.96. The number of thioether (sulfide) groups is 1. The Morgan fingerprint density at radius 2 is 2.19 bits per heavy atom. The predicted octanol–water partition coefficient (Wildman–Crippen LogP) is 1.81. The predicted molar refractivity (Wildman–Crippen MR) is 79.6 cm³/mol. The molecule has 0 aliphatic carbocycles. The summed E-state index contributed by atoms with van der Waals surface area (Å²) in [5, 5.41) is 12.3. The highest BCUT2D eigenvalue weighted by Crippen LogP contribution is 2.30. The molecule has 2 rings (SSSR count). The molecular weight excluding hydrogens is 290 g/mol. The van der Waals surface area contributed by atoms with Crippen LogP contribution in [0.2, 0.25) is 0 Å². The van der Waals surface area contributed by atoms with Gasteiger partial charge in [-0.3, -0.25) is 4.79 Å². The number of aromatic carboxylic acids is 1. The molecule has 114 valence electrons. The van der Waals surface area contributed by atoms with Crippen LogP contribution in [0.3, 0.4) is 0 Å². The number of amides is 1. The summed E-state index contributed by atoms with van der Waals surface area (Å²) in [5.74, 6) is -0.483. The number of aromatic nitrogens is 2. The lowest BCUT2D eigenvalue weighted by atomic mass is 10.2. The first kappa shape index (κ1) is 15.8. The maximum Gasteiger partial charge on any atom is 0.340 e. The molecule has 2 heterocycles. The molecule has 0 radical (unpaired) electrons. The molecule has 0 bridgehead atoms. The zero-order chi connectivity index (χ0) is 15.4. The van der Waals surface area contributed by atoms with Gasteiger partial charge >= 0.3 is 5.97 Å². The number of hydrogen-bond acceptors (Lipinski definition) is 5. The molecule has 2 N–H and O–H groups in total. The van der Waals surface area contributed by atoms with Gasteiger partial charge in [-0.1, -0.05) is 25.1 Å². The maximum absolute atomic E-state index is 12.0. The summed E-state index contributed by atoms with van der Waals surface area (Å²) in [6.07, 6.45) is 3.27. The summed E-state index contributed by atoms with van der Waals surface area (Å²) in [7, 11) is 0. The lowest BCUT2D eigenvalue weighted by Crippen LogP contribution is -2.31. The van der Waals surface area contributed by atoms with Crippen LogP contribution in [0.1, 0.15) is 48.1 Å². The molecule has 1 saturated heterocycles. The van der Waals surface area contributed by atoms with E-state index in [1.165, 1.54) is 11.8 Å². The summed E-state index contributed by atoms with van der Waals surface area (Å²) in [6.45, 7) is 4.27. The number of hydrogen-bond donors (Lipinski definition) is 2. The first-order chi connectivity index (χ1) is 10.0. The van der Waals surface area contributed by atoms with Crippen LogP contribution < -0.4 is 5.32 Å². The Morgan fingerprint density at radius 3 is 2.86 bits per heavy atom. The van der Waals surface area contributed by atoms with Crippen LogP contribution in [-0.2, 0) is 11.2 Å². The van der Waals surface area contributed by atoms with Gasteiger partial charge in [-0.15, -0.1) is 0 Å². The van der Waals surface area contributed by atoms with Gasteiger partial charge in [0.1, 0.15) is 16.4 Å². The highest BCUT2D eigenvalue weighted by Gasteiger charge is 2.26. The van der Waals surface area contributed by atoms with Crippen molar-refractivity contribution in [2.75, 3.05) is 6.54 Å². The molecule has 0 spiro atoms. The minimum atomic E-state index is -1.05. The Balaban J connectivity index is 2.34. The van der Waals surface area contributed by atoms with E-state index in [0.29, 0.717) is 29.5 Å². The van der Waals surface area contributed by atoms with Crippen molar-refractivity contribution < 1.29 is 14.7 Å². The van der Waals surface area contributed by atoms with Crippen LogP contribution in [0.5, 0.6) is 0 Å². The highest BCUT2D eigenvalue weighted by molar-refractivity contribution is 8.00. The van der Waals surface area contributed by atoms with E-state index >= 15 is 0 Å². The molecule has 1 aromatic heterocycles. The number of aryl methyl sites for hydroxylation is 2. The second-order valence-electron chi connectivity index (χ2n) is 4.96. The molecule has 7 heteroatoms. The summed E-state index contributed by atoms with van der Waals surface area (Å²) in [5.41, 5.74) is 0.556. The standard InChI is InChI=1S/C14H19N3O3S/c1-3-10-16-8(2)11(14(19)20)13(17-10)21-9-6-4-5-7-15-12(9)18/h9H,3-7H2,1-2H3,(H,15,18)(H,19,20). The molecule has 1 amide bonds. The molecule has 1 unspecified atom stereocenters. The van der Waals surface area contributed by atoms with Gasteiger partial charge in [0.25, 0.3) is 0 Å². The third kappa shape index (κ3) is 3.72. The number of nitrogens with zero attached hydrogens (tertiary/aromatic N) is 2. The Morgan fingerprint density at radius 1 is 1.43 bits per heavy atom. The van der Waals surface area contributed by atoms with E-state index in [2.05, 4.69) is 15.3 Å². The van der Waals surface area contributed by atoms with Gasteiger partial charge < -0.3 is 10.4 Å². The summed E-state index contributed by atoms with van der Waals surface area (Å²) >= 11 is 1.24. The molecule has 1 atom stereocenters. The van der Waals surface area contributed by atoms with E-state index in [0.717, 1.165) is 19.3 Å². The topological polar surface area (TPSA) is 92.2 Å². The Kier molecular flexibility index (Phi) is 5.17. The van der Waals surface area contributed by atoms with Crippen molar-refractivity contribution in [2.24, 2.45) is 0 Å². The number of carboxylic acid groups (broad SMARTS) is 1. The Bertz CT molecular complexity index is 563. The van der Waals surface area contributed by atoms with Crippen molar-refractivity contribution in [3.05, 3.63) is 17.1 Å². The fourth-order valence-electron chi connectivity index (χ4n) is 2.25. The van der Waals surface area contributed by atoms with Gasteiger partial charge in [-0.25, -0.2) is 14.8 Å². The summed E-state index contributed by atoms with van der Waals surface area (Å²) < 4.78 is 0. The van der Waals surface area contributed by atoms with Gasteiger partial charge in [0.15, 0.2) is 0 Å². The summed E-state index contributed by atoms with van der Waals surface area (Å²) in [6, 6.07) is 0. The molecule has 0 saturated carbocycles. The lowest BCUT2D eigenvalue weighted by molar-refractivity contribution is -0.120. The van der Waals surface area contributed by atoms with Crippen molar-refractivity contribution >= 4 is 23.6 Å². The molecule has 1 aromatic rings. The van der Waals surface area contributed by atoms with E-state index < -0.39 is 5.97 Å². The van der Waals surface area contributed by atoms with Gasteiger partial charge in [0, 0.05) is 13.0 Å². The van der Waals surface area contributed by atoms with Crippen molar-refractivity contribution in [1.29, 1.82) is 0 Å². The first-order valence-electron chi connectivity index (χ1n) is 7.08. The van der Waals surface area contributed by atoms with Crippen LogP contribution in [0.25, 0.3) is 0 Å². The van der Waals surface area contributed by atoms with Crippen LogP contribution >= 0.6 is 11.8 Å². The number of carbonyl (C=O) groups is 2. The third-order valence-corrected chi connectivity index (χ3v) is 4.62. The molecular formula is C14H19N3O3S. The van der Waals surface area contributed by atoms with Crippen molar-refractivity contribution in [3.8, 4) is 0 Å².